The van der Waals surface area contributed by atoms with E-state index in [2.05, 4.69) is 10.4 Å². The summed E-state index contributed by atoms with van der Waals surface area (Å²) in [5.41, 5.74) is -0.499. The molecular formula is C16H19F3N4O. The van der Waals surface area contributed by atoms with Crippen molar-refractivity contribution in [2.24, 2.45) is 0 Å². The predicted molar refractivity (Wildman–Crippen MR) is 84.2 cm³/mol. The standard InChI is InChI=1S/C16H19F3N4O/c1-11-5-4-6-12(9-11)23-14(16(17,18)19)13(10-21-23)15(24)20-7-8-22(2)3/h4-6,9-10H,7-8H2,1-3H3,(H,20,24). The number of carbonyl (C=O) groups is 1. The number of alkyl halides is 3. The maximum absolute atomic E-state index is 13.5. The fourth-order valence-electron chi connectivity index (χ4n) is 2.23. The summed E-state index contributed by atoms with van der Waals surface area (Å²) in [7, 11) is 3.62. The summed E-state index contributed by atoms with van der Waals surface area (Å²) in [4.78, 5) is 13.9. The van der Waals surface area contributed by atoms with Gasteiger partial charge in [0.1, 0.15) is 0 Å². The lowest BCUT2D eigenvalue weighted by atomic mass is 10.2. The van der Waals surface area contributed by atoms with Crippen LogP contribution < -0.4 is 5.32 Å². The predicted octanol–water partition coefficient (Wildman–Crippen LogP) is 2.49. The Hall–Kier alpha value is -2.35. The molecule has 24 heavy (non-hydrogen) atoms. The number of aromatic nitrogens is 2. The number of nitrogens with zero attached hydrogens (tertiary/aromatic N) is 3. The Kier molecular flexibility index (Phi) is 5.28. The second-order valence-corrected chi connectivity index (χ2v) is 5.71. The van der Waals surface area contributed by atoms with Crippen LogP contribution in [-0.2, 0) is 6.18 Å². The number of halogens is 3. The van der Waals surface area contributed by atoms with E-state index >= 15 is 0 Å². The molecule has 0 saturated heterocycles. The third-order valence-corrected chi connectivity index (χ3v) is 3.37. The molecule has 0 unspecified atom stereocenters. The first-order chi connectivity index (χ1) is 11.2. The molecule has 0 saturated carbocycles. The third-order valence-electron chi connectivity index (χ3n) is 3.37. The minimum atomic E-state index is -4.70. The van der Waals surface area contributed by atoms with E-state index in [4.69, 9.17) is 0 Å². The van der Waals surface area contributed by atoms with Gasteiger partial charge in [-0.15, -0.1) is 0 Å². The van der Waals surface area contributed by atoms with Crippen LogP contribution in [0.4, 0.5) is 13.2 Å². The molecule has 0 atom stereocenters. The first-order valence-electron chi connectivity index (χ1n) is 7.35. The zero-order valence-electron chi connectivity index (χ0n) is 13.7. The number of likely N-dealkylation sites (N-methyl/N-ethyl adjacent to an activating group) is 1. The van der Waals surface area contributed by atoms with E-state index in [0.29, 0.717) is 6.54 Å². The van der Waals surface area contributed by atoms with Crippen molar-refractivity contribution in [2.45, 2.75) is 13.1 Å². The highest BCUT2D eigenvalue weighted by molar-refractivity contribution is 5.95. The number of benzene rings is 1. The van der Waals surface area contributed by atoms with E-state index in [9.17, 15) is 18.0 Å². The molecule has 0 aliphatic carbocycles. The summed E-state index contributed by atoms with van der Waals surface area (Å²) in [6, 6.07) is 6.51. The smallest absolute Gasteiger partial charge is 0.351 e. The molecule has 8 heteroatoms. The molecule has 130 valence electrons. The van der Waals surface area contributed by atoms with Gasteiger partial charge in [0, 0.05) is 13.1 Å². The lowest BCUT2D eigenvalue weighted by molar-refractivity contribution is -0.143. The highest BCUT2D eigenvalue weighted by atomic mass is 19.4. The monoisotopic (exact) mass is 340 g/mol. The maximum Gasteiger partial charge on any atom is 0.434 e. The number of hydrogen-bond donors (Lipinski definition) is 1. The fourth-order valence-corrected chi connectivity index (χ4v) is 2.23. The third kappa shape index (κ3) is 4.14. The molecule has 2 aromatic rings. The van der Waals surface area contributed by atoms with Crippen molar-refractivity contribution in [1.29, 1.82) is 0 Å². The second kappa shape index (κ2) is 7.04. The number of hydrogen-bond acceptors (Lipinski definition) is 3. The van der Waals surface area contributed by atoms with E-state index in [1.165, 1.54) is 6.07 Å². The molecule has 0 aliphatic rings. The Morgan fingerprint density at radius 3 is 2.62 bits per heavy atom. The topological polar surface area (TPSA) is 50.2 Å². The molecule has 1 heterocycles. The minimum absolute atomic E-state index is 0.249. The van der Waals surface area contributed by atoms with Gasteiger partial charge >= 0.3 is 6.18 Å². The van der Waals surface area contributed by atoms with Gasteiger partial charge in [-0.3, -0.25) is 4.79 Å². The van der Waals surface area contributed by atoms with Crippen molar-refractivity contribution in [3.63, 3.8) is 0 Å². The molecule has 0 fully saturated rings. The molecular weight excluding hydrogens is 321 g/mol. The molecule has 1 aromatic heterocycles. The van der Waals surface area contributed by atoms with Crippen LogP contribution in [0.2, 0.25) is 0 Å². The summed E-state index contributed by atoms with van der Waals surface area (Å²) >= 11 is 0. The van der Waals surface area contributed by atoms with Crippen LogP contribution >= 0.6 is 0 Å². The zero-order chi connectivity index (χ0) is 17.9. The number of carbonyl (C=O) groups excluding carboxylic acids is 1. The van der Waals surface area contributed by atoms with Gasteiger partial charge < -0.3 is 10.2 Å². The maximum atomic E-state index is 13.5. The van der Waals surface area contributed by atoms with Crippen molar-refractivity contribution >= 4 is 5.91 Å². The van der Waals surface area contributed by atoms with E-state index in [1.54, 1.807) is 25.1 Å². The van der Waals surface area contributed by atoms with Crippen LogP contribution in [0.1, 0.15) is 21.6 Å². The molecule has 2 rings (SSSR count). The SMILES string of the molecule is Cc1cccc(-n2ncc(C(=O)NCCN(C)C)c2C(F)(F)F)c1. The van der Waals surface area contributed by atoms with Gasteiger partial charge in [0.2, 0.25) is 0 Å². The summed E-state index contributed by atoms with van der Waals surface area (Å²) in [6.45, 7) is 2.55. The van der Waals surface area contributed by atoms with Crippen LogP contribution in [0.15, 0.2) is 30.5 Å². The van der Waals surface area contributed by atoms with E-state index in [1.807, 2.05) is 19.0 Å². The lowest BCUT2D eigenvalue weighted by Gasteiger charge is -2.14. The average molecular weight is 340 g/mol. The van der Waals surface area contributed by atoms with Crippen LogP contribution in [0.25, 0.3) is 5.69 Å². The van der Waals surface area contributed by atoms with Gasteiger partial charge in [-0.1, -0.05) is 12.1 Å². The highest BCUT2D eigenvalue weighted by Crippen LogP contribution is 2.33. The Morgan fingerprint density at radius 2 is 2.04 bits per heavy atom. The van der Waals surface area contributed by atoms with E-state index in [0.717, 1.165) is 16.4 Å². The van der Waals surface area contributed by atoms with Gasteiger partial charge in [-0.05, 0) is 38.7 Å². The lowest BCUT2D eigenvalue weighted by Crippen LogP contribution is -2.32. The molecule has 5 nitrogen and oxygen atoms in total. The average Bonchev–Trinajstić information content (AvgIpc) is 2.91. The van der Waals surface area contributed by atoms with Crippen LogP contribution in [0, 0.1) is 6.92 Å². The van der Waals surface area contributed by atoms with Crippen LogP contribution in [0.5, 0.6) is 0 Å². The fraction of sp³-hybridized carbons (Fsp3) is 0.375. The molecule has 1 N–H and O–H groups in total. The van der Waals surface area contributed by atoms with Crippen molar-refractivity contribution in [2.75, 3.05) is 27.2 Å². The number of rotatable bonds is 5. The number of nitrogens with one attached hydrogen (secondary N) is 1. The highest BCUT2D eigenvalue weighted by Gasteiger charge is 2.40. The van der Waals surface area contributed by atoms with Gasteiger partial charge in [-0.2, -0.15) is 18.3 Å². The summed E-state index contributed by atoms with van der Waals surface area (Å²) < 4.78 is 41.2. The summed E-state index contributed by atoms with van der Waals surface area (Å²) in [5.74, 6) is -0.789. The van der Waals surface area contributed by atoms with Gasteiger partial charge in [0.25, 0.3) is 5.91 Å². The normalized spacial score (nSPS) is 11.8. The molecule has 1 aromatic carbocycles. The second-order valence-electron chi connectivity index (χ2n) is 5.71. The van der Waals surface area contributed by atoms with E-state index in [-0.39, 0.29) is 12.2 Å². The van der Waals surface area contributed by atoms with Crippen LogP contribution in [-0.4, -0.2) is 47.8 Å². The number of amides is 1. The first kappa shape index (κ1) is 18.0. The zero-order valence-corrected chi connectivity index (χ0v) is 13.7. The Bertz CT molecular complexity index is 722. The summed E-state index contributed by atoms with van der Waals surface area (Å²) in [6.07, 6.45) is -3.75. The van der Waals surface area contributed by atoms with E-state index < -0.39 is 23.3 Å². The molecule has 0 aliphatic heterocycles. The molecule has 0 bridgehead atoms. The van der Waals surface area contributed by atoms with Crippen LogP contribution in [0.3, 0.4) is 0 Å². The van der Waals surface area contributed by atoms with Crippen molar-refractivity contribution in [3.05, 3.63) is 47.3 Å². The Labute approximate surface area is 138 Å². The quantitative estimate of drug-likeness (QED) is 0.910. The number of aryl methyl sites for hydroxylation is 1. The first-order valence-corrected chi connectivity index (χ1v) is 7.35. The molecule has 0 radical (unpaired) electrons. The molecule has 0 spiro atoms. The minimum Gasteiger partial charge on any atom is -0.351 e. The van der Waals surface area contributed by atoms with Gasteiger partial charge in [0.05, 0.1) is 17.4 Å². The Morgan fingerprint density at radius 1 is 1.33 bits per heavy atom. The Balaban J connectivity index is 2.38. The van der Waals surface area contributed by atoms with Crippen molar-refractivity contribution < 1.29 is 18.0 Å². The molecule has 1 amide bonds. The van der Waals surface area contributed by atoms with Crippen molar-refractivity contribution in [1.82, 2.24) is 20.0 Å². The largest absolute Gasteiger partial charge is 0.434 e. The van der Waals surface area contributed by atoms with Gasteiger partial charge in [-0.25, -0.2) is 4.68 Å². The van der Waals surface area contributed by atoms with Crippen molar-refractivity contribution in [3.8, 4) is 5.69 Å². The van der Waals surface area contributed by atoms with Gasteiger partial charge in [0.15, 0.2) is 5.69 Å². The summed E-state index contributed by atoms with van der Waals surface area (Å²) in [5, 5.41) is 6.27.